The van der Waals surface area contributed by atoms with E-state index in [1.165, 1.54) is 25.7 Å². The number of ether oxygens (including phenoxy) is 1. The van der Waals surface area contributed by atoms with Gasteiger partial charge in [-0.1, -0.05) is 12.8 Å². The number of amides is 2. The SMILES string of the molecule is CC(OCC1CC1)C(=O)Nc1ccc(C(=O)NC2CCCC2)cc1. The predicted octanol–water partition coefficient (Wildman–Crippen LogP) is 3.11. The van der Waals surface area contributed by atoms with Crippen LogP contribution in [0.25, 0.3) is 0 Å². The van der Waals surface area contributed by atoms with Crippen molar-refractivity contribution in [3.63, 3.8) is 0 Å². The molecule has 3 rings (SSSR count). The van der Waals surface area contributed by atoms with Gasteiger partial charge in [0.2, 0.25) is 0 Å². The zero-order valence-corrected chi connectivity index (χ0v) is 14.2. The van der Waals surface area contributed by atoms with E-state index >= 15 is 0 Å². The molecule has 2 amide bonds. The number of carbonyl (C=O) groups is 2. The molecule has 5 nitrogen and oxygen atoms in total. The quantitative estimate of drug-likeness (QED) is 0.807. The summed E-state index contributed by atoms with van der Waals surface area (Å²) in [7, 11) is 0. The van der Waals surface area contributed by atoms with E-state index in [9.17, 15) is 9.59 Å². The molecule has 24 heavy (non-hydrogen) atoms. The van der Waals surface area contributed by atoms with Crippen LogP contribution in [-0.2, 0) is 9.53 Å². The molecule has 0 aromatic heterocycles. The standard InChI is InChI=1S/C19H26N2O3/c1-13(24-12-14-6-7-14)18(22)20-17-10-8-15(9-11-17)19(23)21-16-4-2-3-5-16/h8-11,13-14,16H,2-7,12H2,1H3,(H,20,22)(H,21,23). The number of hydrogen-bond donors (Lipinski definition) is 2. The molecule has 2 aliphatic rings. The van der Waals surface area contributed by atoms with Crippen LogP contribution in [0.1, 0.15) is 55.8 Å². The van der Waals surface area contributed by atoms with Crippen LogP contribution in [0.15, 0.2) is 24.3 Å². The molecule has 0 heterocycles. The van der Waals surface area contributed by atoms with Crippen LogP contribution < -0.4 is 10.6 Å². The normalized spacial score (nSPS) is 19.0. The molecule has 0 saturated heterocycles. The van der Waals surface area contributed by atoms with Crippen LogP contribution in [-0.4, -0.2) is 30.6 Å². The molecule has 0 bridgehead atoms. The number of anilines is 1. The Morgan fingerprint density at radius 1 is 1.12 bits per heavy atom. The average molecular weight is 330 g/mol. The highest BCUT2D eigenvalue weighted by atomic mass is 16.5. The van der Waals surface area contributed by atoms with Gasteiger partial charge in [0.15, 0.2) is 0 Å². The Balaban J connectivity index is 1.47. The molecule has 2 saturated carbocycles. The first-order chi connectivity index (χ1) is 11.6. The van der Waals surface area contributed by atoms with Crippen LogP contribution in [0.2, 0.25) is 0 Å². The number of rotatable bonds is 7. The van der Waals surface area contributed by atoms with Crippen LogP contribution in [0.5, 0.6) is 0 Å². The van der Waals surface area contributed by atoms with Crippen molar-refractivity contribution in [2.24, 2.45) is 5.92 Å². The molecular formula is C19H26N2O3. The molecule has 2 aliphatic carbocycles. The van der Waals surface area contributed by atoms with E-state index in [1.54, 1.807) is 31.2 Å². The molecule has 1 atom stereocenters. The maximum absolute atomic E-state index is 12.2. The third-order valence-electron chi connectivity index (χ3n) is 4.75. The minimum absolute atomic E-state index is 0.0408. The molecule has 2 fully saturated rings. The van der Waals surface area contributed by atoms with Crippen LogP contribution in [0.3, 0.4) is 0 Å². The third kappa shape index (κ3) is 4.81. The van der Waals surface area contributed by atoms with Crippen molar-refractivity contribution in [3.05, 3.63) is 29.8 Å². The van der Waals surface area contributed by atoms with E-state index in [0.29, 0.717) is 29.8 Å². The van der Waals surface area contributed by atoms with Gasteiger partial charge < -0.3 is 15.4 Å². The summed E-state index contributed by atoms with van der Waals surface area (Å²) in [6, 6.07) is 7.32. The highest BCUT2D eigenvalue weighted by Gasteiger charge is 2.24. The molecule has 5 heteroatoms. The van der Waals surface area contributed by atoms with Gasteiger partial charge in [0.1, 0.15) is 6.10 Å². The Morgan fingerprint density at radius 3 is 2.42 bits per heavy atom. The smallest absolute Gasteiger partial charge is 0.253 e. The fourth-order valence-electron chi connectivity index (χ4n) is 2.93. The maximum atomic E-state index is 12.2. The summed E-state index contributed by atoms with van der Waals surface area (Å²) in [5.41, 5.74) is 1.30. The average Bonchev–Trinajstić information content (AvgIpc) is 3.28. The topological polar surface area (TPSA) is 67.4 Å². The van der Waals surface area contributed by atoms with Gasteiger partial charge >= 0.3 is 0 Å². The van der Waals surface area contributed by atoms with Crippen LogP contribution in [0.4, 0.5) is 5.69 Å². The number of hydrogen-bond acceptors (Lipinski definition) is 3. The number of carbonyl (C=O) groups excluding carboxylic acids is 2. The van der Waals surface area contributed by atoms with Gasteiger partial charge in [-0.2, -0.15) is 0 Å². The van der Waals surface area contributed by atoms with Crippen molar-refractivity contribution in [1.82, 2.24) is 5.32 Å². The summed E-state index contributed by atoms with van der Waals surface area (Å²) in [6.07, 6.45) is 6.47. The Bertz CT molecular complexity index is 575. The molecule has 0 aliphatic heterocycles. The molecule has 0 radical (unpaired) electrons. The predicted molar refractivity (Wildman–Crippen MR) is 92.9 cm³/mol. The molecule has 1 aromatic rings. The first-order valence-corrected chi connectivity index (χ1v) is 8.95. The van der Waals surface area contributed by atoms with E-state index in [2.05, 4.69) is 10.6 Å². The van der Waals surface area contributed by atoms with Crippen molar-refractivity contribution in [1.29, 1.82) is 0 Å². The zero-order valence-electron chi connectivity index (χ0n) is 14.2. The summed E-state index contributed by atoms with van der Waals surface area (Å²) in [4.78, 5) is 24.3. The molecule has 1 aromatic carbocycles. The largest absolute Gasteiger partial charge is 0.368 e. The van der Waals surface area contributed by atoms with Crippen molar-refractivity contribution >= 4 is 17.5 Å². The molecule has 130 valence electrons. The third-order valence-corrected chi connectivity index (χ3v) is 4.75. The van der Waals surface area contributed by atoms with Crippen molar-refractivity contribution in [2.75, 3.05) is 11.9 Å². The summed E-state index contributed by atoms with van der Waals surface area (Å²) < 4.78 is 5.56. The first kappa shape index (κ1) is 17.0. The van der Waals surface area contributed by atoms with Gasteiger partial charge in [-0.15, -0.1) is 0 Å². The van der Waals surface area contributed by atoms with Gasteiger partial charge in [-0.25, -0.2) is 0 Å². The zero-order chi connectivity index (χ0) is 16.9. The molecule has 1 unspecified atom stereocenters. The van der Waals surface area contributed by atoms with E-state index in [4.69, 9.17) is 4.74 Å². The van der Waals surface area contributed by atoms with E-state index in [0.717, 1.165) is 12.8 Å². The second kappa shape index (κ2) is 7.79. The summed E-state index contributed by atoms with van der Waals surface area (Å²) in [5, 5.41) is 5.89. The number of benzene rings is 1. The van der Waals surface area contributed by atoms with Crippen LogP contribution in [0, 0.1) is 5.92 Å². The lowest BCUT2D eigenvalue weighted by molar-refractivity contribution is -0.126. The summed E-state index contributed by atoms with van der Waals surface area (Å²) in [5.74, 6) is 0.442. The fourth-order valence-corrected chi connectivity index (χ4v) is 2.93. The van der Waals surface area contributed by atoms with Gasteiger partial charge in [-0.05, 0) is 62.8 Å². The minimum Gasteiger partial charge on any atom is -0.368 e. The monoisotopic (exact) mass is 330 g/mol. The second-order valence-electron chi connectivity index (χ2n) is 6.94. The maximum Gasteiger partial charge on any atom is 0.253 e. The minimum atomic E-state index is -0.462. The molecule has 0 spiro atoms. The Kier molecular flexibility index (Phi) is 5.51. The van der Waals surface area contributed by atoms with E-state index < -0.39 is 6.10 Å². The Labute approximate surface area is 143 Å². The van der Waals surface area contributed by atoms with Crippen LogP contribution >= 0.6 is 0 Å². The van der Waals surface area contributed by atoms with Gasteiger partial charge in [0.05, 0.1) is 6.61 Å². The van der Waals surface area contributed by atoms with E-state index in [-0.39, 0.29) is 11.8 Å². The highest BCUT2D eigenvalue weighted by Crippen LogP contribution is 2.29. The lowest BCUT2D eigenvalue weighted by Crippen LogP contribution is -2.32. The first-order valence-electron chi connectivity index (χ1n) is 8.95. The summed E-state index contributed by atoms with van der Waals surface area (Å²) >= 11 is 0. The molecular weight excluding hydrogens is 304 g/mol. The van der Waals surface area contributed by atoms with Gasteiger partial charge in [0.25, 0.3) is 11.8 Å². The van der Waals surface area contributed by atoms with Crippen molar-refractivity contribution in [2.45, 2.75) is 57.6 Å². The number of nitrogens with one attached hydrogen (secondary N) is 2. The Hall–Kier alpha value is -1.88. The van der Waals surface area contributed by atoms with Gasteiger partial charge in [0, 0.05) is 17.3 Å². The molecule has 2 N–H and O–H groups in total. The highest BCUT2D eigenvalue weighted by molar-refractivity contribution is 5.96. The summed E-state index contributed by atoms with van der Waals surface area (Å²) in [6.45, 7) is 2.43. The van der Waals surface area contributed by atoms with Gasteiger partial charge in [-0.3, -0.25) is 9.59 Å². The van der Waals surface area contributed by atoms with Crippen molar-refractivity contribution in [3.8, 4) is 0 Å². The Morgan fingerprint density at radius 2 is 1.79 bits per heavy atom. The fraction of sp³-hybridized carbons (Fsp3) is 0.579. The lowest BCUT2D eigenvalue weighted by Gasteiger charge is -2.14. The second-order valence-corrected chi connectivity index (χ2v) is 6.94. The van der Waals surface area contributed by atoms with E-state index in [1.807, 2.05) is 0 Å². The van der Waals surface area contributed by atoms with Crippen molar-refractivity contribution < 1.29 is 14.3 Å². The lowest BCUT2D eigenvalue weighted by atomic mass is 10.1.